The third kappa shape index (κ3) is 3.27. The molecule has 0 spiro atoms. The van der Waals surface area contributed by atoms with Gasteiger partial charge in [0.2, 0.25) is 0 Å². The number of halogens is 1. The van der Waals surface area contributed by atoms with E-state index in [1.807, 2.05) is 18.2 Å². The Bertz CT molecular complexity index is 502. The molecule has 0 saturated heterocycles. The summed E-state index contributed by atoms with van der Waals surface area (Å²) in [6, 6.07) is 5.76. The molecule has 2 aromatic rings. The van der Waals surface area contributed by atoms with Gasteiger partial charge in [0, 0.05) is 11.5 Å². The van der Waals surface area contributed by atoms with E-state index in [2.05, 4.69) is 31.0 Å². The fraction of sp³-hybridized carbons (Fsp3) is 0.417. The first kappa shape index (κ1) is 13.6. The number of hydrogen-bond acceptors (Lipinski definition) is 3. The second-order valence-electron chi connectivity index (χ2n) is 5.17. The van der Waals surface area contributed by atoms with Crippen molar-refractivity contribution in [2.75, 3.05) is 12.3 Å². The highest BCUT2D eigenvalue weighted by atomic mass is 35.5. The van der Waals surface area contributed by atoms with Crippen molar-refractivity contribution in [1.29, 1.82) is 0 Å². The third-order valence-corrected chi connectivity index (χ3v) is 2.24. The number of ether oxygens (including phenoxy) is 1. The zero-order valence-electron chi connectivity index (χ0n) is 10.3. The predicted octanol–water partition coefficient (Wildman–Crippen LogP) is 2.99. The number of hydrogen-bond donors (Lipinski definition) is 2. The average molecular weight is 256 g/mol. The Labute approximate surface area is 107 Å². The van der Waals surface area contributed by atoms with Crippen molar-refractivity contribution in [2.45, 2.75) is 20.8 Å². The summed E-state index contributed by atoms with van der Waals surface area (Å²) in [5.41, 5.74) is 6.75. The van der Waals surface area contributed by atoms with Crippen LogP contribution in [0.25, 0.3) is 10.9 Å². The van der Waals surface area contributed by atoms with Crippen LogP contribution in [-0.4, -0.2) is 16.8 Å². The largest absolute Gasteiger partial charge is 0.493 e. The Balaban J connectivity index is 0.00000144. The van der Waals surface area contributed by atoms with E-state index in [1.165, 1.54) is 0 Å². The molecule has 3 N–H and O–H groups in total. The van der Waals surface area contributed by atoms with Gasteiger partial charge in [0.15, 0.2) is 5.82 Å². The number of rotatable bonds is 2. The quantitative estimate of drug-likeness (QED) is 0.867. The molecule has 1 aromatic heterocycles. The molecule has 0 aliphatic rings. The van der Waals surface area contributed by atoms with Gasteiger partial charge < -0.3 is 10.5 Å². The molecule has 4 nitrogen and oxygen atoms in total. The molecule has 1 aromatic carbocycles. The minimum absolute atomic E-state index is 0. The molecule has 0 aliphatic heterocycles. The Hall–Kier alpha value is -1.42. The van der Waals surface area contributed by atoms with Crippen LogP contribution in [0.15, 0.2) is 18.2 Å². The van der Waals surface area contributed by atoms with Crippen LogP contribution < -0.4 is 10.5 Å². The van der Waals surface area contributed by atoms with Crippen LogP contribution in [0.3, 0.4) is 0 Å². The Kier molecular flexibility index (Phi) is 3.88. The van der Waals surface area contributed by atoms with Gasteiger partial charge >= 0.3 is 0 Å². The molecule has 17 heavy (non-hydrogen) atoms. The zero-order chi connectivity index (χ0) is 11.8. The Morgan fingerprint density at radius 1 is 1.35 bits per heavy atom. The first-order chi connectivity index (χ1) is 7.46. The Morgan fingerprint density at radius 2 is 2.06 bits per heavy atom. The number of nitrogens with two attached hydrogens (primary N) is 1. The number of anilines is 1. The van der Waals surface area contributed by atoms with Gasteiger partial charge in [-0.25, -0.2) is 0 Å². The summed E-state index contributed by atoms with van der Waals surface area (Å²) in [6.45, 7) is 7.10. The van der Waals surface area contributed by atoms with Gasteiger partial charge in [0.1, 0.15) is 5.75 Å². The lowest BCUT2D eigenvalue weighted by Gasteiger charge is -2.18. The van der Waals surface area contributed by atoms with E-state index in [-0.39, 0.29) is 17.8 Å². The minimum atomic E-state index is 0. The van der Waals surface area contributed by atoms with Crippen LogP contribution in [0.2, 0.25) is 0 Å². The van der Waals surface area contributed by atoms with Crippen molar-refractivity contribution in [1.82, 2.24) is 10.2 Å². The molecule has 5 heteroatoms. The molecule has 0 atom stereocenters. The number of nitrogens with one attached hydrogen (secondary N) is 1. The number of nitrogens with zero attached hydrogens (tertiary/aromatic N) is 1. The molecular formula is C12H18ClN3O. The zero-order valence-corrected chi connectivity index (χ0v) is 11.1. The van der Waals surface area contributed by atoms with E-state index >= 15 is 0 Å². The van der Waals surface area contributed by atoms with E-state index < -0.39 is 0 Å². The SMILES string of the molecule is CC(C)(C)COc1ccc2c(N)n[nH]c2c1.Cl. The van der Waals surface area contributed by atoms with Crippen molar-refractivity contribution < 1.29 is 4.74 Å². The second kappa shape index (κ2) is 4.84. The topological polar surface area (TPSA) is 63.9 Å². The normalized spacial score (nSPS) is 11.2. The average Bonchev–Trinajstić information content (AvgIpc) is 2.56. The fourth-order valence-electron chi connectivity index (χ4n) is 1.41. The summed E-state index contributed by atoms with van der Waals surface area (Å²) >= 11 is 0. The van der Waals surface area contributed by atoms with E-state index in [9.17, 15) is 0 Å². The van der Waals surface area contributed by atoms with Crippen molar-refractivity contribution in [3.05, 3.63) is 18.2 Å². The molecule has 1 heterocycles. The van der Waals surface area contributed by atoms with Crippen LogP contribution >= 0.6 is 12.4 Å². The van der Waals surface area contributed by atoms with Gasteiger partial charge in [-0.3, -0.25) is 5.10 Å². The van der Waals surface area contributed by atoms with E-state index in [0.29, 0.717) is 12.4 Å². The van der Waals surface area contributed by atoms with Gasteiger partial charge in [0.25, 0.3) is 0 Å². The summed E-state index contributed by atoms with van der Waals surface area (Å²) in [4.78, 5) is 0. The molecule has 0 radical (unpaired) electrons. The van der Waals surface area contributed by atoms with Gasteiger partial charge in [-0.15, -0.1) is 12.4 Å². The molecule has 2 rings (SSSR count). The third-order valence-electron chi connectivity index (χ3n) is 2.24. The van der Waals surface area contributed by atoms with Crippen LogP contribution in [-0.2, 0) is 0 Å². The van der Waals surface area contributed by atoms with Crippen molar-refractivity contribution in [3.63, 3.8) is 0 Å². The standard InChI is InChI=1S/C12H17N3O.ClH/c1-12(2,3)7-16-8-4-5-9-10(6-8)14-15-11(9)13;/h4-6H,7H2,1-3H3,(H3,13,14,15);1H. The van der Waals surface area contributed by atoms with Gasteiger partial charge in [-0.2, -0.15) is 5.10 Å². The lowest BCUT2D eigenvalue weighted by molar-refractivity contribution is 0.198. The molecule has 0 unspecified atom stereocenters. The van der Waals surface area contributed by atoms with Crippen molar-refractivity contribution >= 4 is 29.1 Å². The van der Waals surface area contributed by atoms with Crippen molar-refractivity contribution in [3.8, 4) is 5.75 Å². The van der Waals surface area contributed by atoms with Gasteiger partial charge in [-0.1, -0.05) is 20.8 Å². The summed E-state index contributed by atoms with van der Waals surface area (Å²) < 4.78 is 5.70. The highest BCUT2D eigenvalue weighted by Crippen LogP contribution is 2.24. The summed E-state index contributed by atoms with van der Waals surface area (Å²) in [6.07, 6.45) is 0. The lowest BCUT2D eigenvalue weighted by atomic mass is 9.99. The lowest BCUT2D eigenvalue weighted by Crippen LogP contribution is -2.16. The maximum absolute atomic E-state index is 5.70. The smallest absolute Gasteiger partial charge is 0.153 e. The molecule has 0 aliphatic carbocycles. The van der Waals surface area contributed by atoms with Gasteiger partial charge in [-0.05, 0) is 17.5 Å². The van der Waals surface area contributed by atoms with E-state index in [4.69, 9.17) is 10.5 Å². The highest BCUT2D eigenvalue weighted by molar-refractivity contribution is 5.89. The van der Waals surface area contributed by atoms with Crippen LogP contribution in [0, 0.1) is 5.41 Å². The monoisotopic (exact) mass is 255 g/mol. The Morgan fingerprint density at radius 3 is 2.71 bits per heavy atom. The molecule has 0 saturated carbocycles. The summed E-state index contributed by atoms with van der Waals surface area (Å²) in [5, 5.41) is 7.75. The molecule has 0 fully saturated rings. The number of aromatic amines is 1. The van der Waals surface area contributed by atoms with Crippen molar-refractivity contribution in [2.24, 2.45) is 5.41 Å². The fourth-order valence-corrected chi connectivity index (χ4v) is 1.41. The van der Waals surface area contributed by atoms with Gasteiger partial charge in [0.05, 0.1) is 12.1 Å². The molecule has 0 amide bonds. The summed E-state index contributed by atoms with van der Waals surface area (Å²) in [5.74, 6) is 1.36. The molecular weight excluding hydrogens is 238 g/mol. The molecule has 94 valence electrons. The maximum atomic E-state index is 5.70. The van der Waals surface area contributed by atoms with Crippen LogP contribution in [0.5, 0.6) is 5.75 Å². The van der Waals surface area contributed by atoms with E-state index in [1.54, 1.807) is 0 Å². The maximum Gasteiger partial charge on any atom is 0.153 e. The number of benzene rings is 1. The predicted molar refractivity (Wildman–Crippen MR) is 72.7 cm³/mol. The number of fused-ring (bicyclic) bond motifs is 1. The summed E-state index contributed by atoms with van der Waals surface area (Å²) in [7, 11) is 0. The number of nitrogen functional groups attached to an aromatic ring is 1. The molecule has 0 bridgehead atoms. The first-order valence-electron chi connectivity index (χ1n) is 5.32. The van der Waals surface area contributed by atoms with Crippen LogP contribution in [0.1, 0.15) is 20.8 Å². The van der Waals surface area contributed by atoms with Crippen LogP contribution in [0.4, 0.5) is 5.82 Å². The number of aromatic nitrogens is 2. The first-order valence-corrected chi connectivity index (χ1v) is 5.32. The second-order valence-corrected chi connectivity index (χ2v) is 5.17. The number of H-pyrrole nitrogens is 1. The minimum Gasteiger partial charge on any atom is -0.493 e. The highest BCUT2D eigenvalue weighted by Gasteiger charge is 2.11. The van der Waals surface area contributed by atoms with E-state index in [0.717, 1.165) is 16.7 Å².